The van der Waals surface area contributed by atoms with Gasteiger partial charge in [0, 0.05) is 11.1 Å². The molecule has 0 spiro atoms. The van der Waals surface area contributed by atoms with Crippen LogP contribution in [0.4, 0.5) is 0 Å². The van der Waals surface area contributed by atoms with Crippen molar-refractivity contribution >= 4 is 0 Å². The Morgan fingerprint density at radius 3 is 1.37 bits per heavy atom. The Kier molecular flexibility index (Phi) is 7.20. The first-order chi connectivity index (χ1) is 13.3. The van der Waals surface area contributed by atoms with E-state index in [1.807, 2.05) is 0 Å². The van der Waals surface area contributed by atoms with Gasteiger partial charge in [-0.15, -0.1) is 10.2 Å². The van der Waals surface area contributed by atoms with Crippen molar-refractivity contribution in [3.05, 3.63) is 59.7 Å². The van der Waals surface area contributed by atoms with Crippen molar-refractivity contribution in [3.63, 3.8) is 0 Å². The summed E-state index contributed by atoms with van der Waals surface area (Å²) in [5, 5.41) is 8.47. The molecule has 1 aromatic heterocycles. The number of aromatic nitrogens is 2. The van der Waals surface area contributed by atoms with Crippen molar-refractivity contribution in [2.24, 2.45) is 0 Å². The summed E-state index contributed by atoms with van der Waals surface area (Å²) in [7, 11) is 0. The lowest BCUT2D eigenvalue weighted by atomic mass is 10.1. The van der Waals surface area contributed by atoms with E-state index in [4.69, 9.17) is 4.42 Å². The molecule has 0 atom stereocenters. The second-order valence-electron chi connectivity index (χ2n) is 7.22. The van der Waals surface area contributed by atoms with Gasteiger partial charge in [0.25, 0.3) is 0 Å². The molecule has 0 saturated carbocycles. The maximum absolute atomic E-state index is 5.91. The first-order valence-electron chi connectivity index (χ1n) is 10.3. The summed E-state index contributed by atoms with van der Waals surface area (Å²) in [5.74, 6) is 1.16. The molecule has 2 aromatic carbocycles. The minimum Gasteiger partial charge on any atom is -0.416 e. The van der Waals surface area contributed by atoms with Crippen molar-refractivity contribution in [3.8, 4) is 22.9 Å². The van der Waals surface area contributed by atoms with Gasteiger partial charge in [-0.3, -0.25) is 0 Å². The minimum atomic E-state index is 0.581. The molecule has 0 bridgehead atoms. The number of benzene rings is 2. The van der Waals surface area contributed by atoms with Crippen molar-refractivity contribution < 1.29 is 4.42 Å². The molecule has 27 heavy (non-hydrogen) atoms. The Morgan fingerprint density at radius 2 is 1.00 bits per heavy atom. The van der Waals surface area contributed by atoms with Crippen molar-refractivity contribution in [1.29, 1.82) is 0 Å². The summed E-state index contributed by atoms with van der Waals surface area (Å²) in [6.45, 7) is 4.46. The molecule has 0 unspecified atom stereocenters. The number of hydrogen-bond acceptors (Lipinski definition) is 3. The molecule has 0 aliphatic rings. The molecule has 0 amide bonds. The minimum absolute atomic E-state index is 0.581. The van der Waals surface area contributed by atoms with Crippen LogP contribution in [0.5, 0.6) is 0 Å². The Hall–Kier alpha value is -2.42. The van der Waals surface area contributed by atoms with E-state index in [1.54, 1.807) is 0 Å². The molecule has 0 N–H and O–H groups in total. The lowest BCUT2D eigenvalue weighted by Crippen LogP contribution is -1.86. The van der Waals surface area contributed by atoms with Crippen LogP contribution in [0, 0.1) is 0 Å². The van der Waals surface area contributed by atoms with Crippen molar-refractivity contribution in [1.82, 2.24) is 10.2 Å². The molecule has 3 rings (SSSR count). The highest BCUT2D eigenvalue weighted by molar-refractivity contribution is 5.58. The van der Waals surface area contributed by atoms with Crippen LogP contribution in [0.15, 0.2) is 52.9 Å². The topological polar surface area (TPSA) is 38.9 Å². The van der Waals surface area contributed by atoms with E-state index in [-0.39, 0.29) is 0 Å². The van der Waals surface area contributed by atoms with Crippen LogP contribution in [0.3, 0.4) is 0 Å². The summed E-state index contributed by atoms with van der Waals surface area (Å²) in [6, 6.07) is 17.0. The van der Waals surface area contributed by atoms with Gasteiger partial charge in [0.05, 0.1) is 0 Å². The summed E-state index contributed by atoms with van der Waals surface area (Å²) in [5.41, 5.74) is 4.68. The van der Waals surface area contributed by atoms with Gasteiger partial charge in [-0.1, -0.05) is 63.8 Å². The molecule has 0 saturated heterocycles. The van der Waals surface area contributed by atoms with Crippen LogP contribution in [0.1, 0.15) is 63.5 Å². The van der Waals surface area contributed by atoms with E-state index in [2.05, 4.69) is 72.6 Å². The lowest BCUT2D eigenvalue weighted by molar-refractivity contribution is 0.584. The van der Waals surface area contributed by atoms with Gasteiger partial charge >= 0.3 is 0 Å². The highest BCUT2D eigenvalue weighted by Gasteiger charge is 2.10. The first-order valence-corrected chi connectivity index (χ1v) is 10.3. The van der Waals surface area contributed by atoms with Gasteiger partial charge in [0.2, 0.25) is 11.8 Å². The van der Waals surface area contributed by atoms with Gasteiger partial charge in [0.15, 0.2) is 0 Å². The molecular formula is C24H30N2O. The van der Waals surface area contributed by atoms with E-state index in [9.17, 15) is 0 Å². The van der Waals surface area contributed by atoms with Crippen LogP contribution in [-0.4, -0.2) is 10.2 Å². The smallest absolute Gasteiger partial charge is 0.248 e. The molecule has 3 nitrogen and oxygen atoms in total. The maximum Gasteiger partial charge on any atom is 0.248 e. The van der Waals surface area contributed by atoms with E-state index >= 15 is 0 Å². The summed E-state index contributed by atoms with van der Waals surface area (Å²) >= 11 is 0. The number of nitrogens with zero attached hydrogens (tertiary/aromatic N) is 2. The van der Waals surface area contributed by atoms with Gasteiger partial charge in [0.1, 0.15) is 0 Å². The zero-order valence-electron chi connectivity index (χ0n) is 16.6. The van der Waals surface area contributed by atoms with E-state index in [0.29, 0.717) is 11.8 Å². The van der Waals surface area contributed by atoms with Crippen LogP contribution in [0.2, 0.25) is 0 Å². The third-order valence-corrected chi connectivity index (χ3v) is 4.96. The molecule has 142 valence electrons. The molecule has 0 aliphatic carbocycles. The Labute approximate surface area is 162 Å². The Morgan fingerprint density at radius 1 is 0.593 bits per heavy atom. The summed E-state index contributed by atoms with van der Waals surface area (Å²) < 4.78 is 5.91. The average Bonchev–Trinajstić information content (AvgIpc) is 3.20. The highest BCUT2D eigenvalue weighted by atomic mass is 16.4. The molecule has 0 aliphatic heterocycles. The first kappa shape index (κ1) is 19.3. The standard InChI is InChI=1S/C24H30N2O/c1-3-5-7-9-19-11-15-21(16-12-19)23-25-26-24(27-23)22-17-13-20(14-18-22)10-8-6-4-2/h11-18H,3-10H2,1-2H3. The van der Waals surface area contributed by atoms with E-state index < -0.39 is 0 Å². The summed E-state index contributed by atoms with van der Waals surface area (Å²) in [6.07, 6.45) is 9.83. The fourth-order valence-corrected chi connectivity index (χ4v) is 3.24. The maximum atomic E-state index is 5.91. The number of unbranched alkanes of at least 4 members (excludes halogenated alkanes) is 4. The number of aryl methyl sites for hydroxylation is 2. The molecule has 3 heteroatoms. The Balaban J connectivity index is 1.64. The zero-order valence-corrected chi connectivity index (χ0v) is 16.6. The van der Waals surface area contributed by atoms with Crippen molar-refractivity contribution in [2.75, 3.05) is 0 Å². The third kappa shape index (κ3) is 5.53. The second-order valence-corrected chi connectivity index (χ2v) is 7.22. The second kappa shape index (κ2) is 10.1. The van der Waals surface area contributed by atoms with Crippen LogP contribution in [-0.2, 0) is 12.8 Å². The average molecular weight is 363 g/mol. The third-order valence-electron chi connectivity index (χ3n) is 4.96. The predicted molar refractivity (Wildman–Crippen MR) is 112 cm³/mol. The predicted octanol–water partition coefficient (Wildman–Crippen LogP) is 6.87. The fourth-order valence-electron chi connectivity index (χ4n) is 3.24. The van der Waals surface area contributed by atoms with Gasteiger partial charge < -0.3 is 4.42 Å². The van der Waals surface area contributed by atoms with Gasteiger partial charge in [-0.05, 0) is 61.1 Å². The fraction of sp³-hybridized carbons (Fsp3) is 0.417. The van der Waals surface area contributed by atoms with Crippen LogP contribution >= 0.6 is 0 Å². The van der Waals surface area contributed by atoms with Crippen LogP contribution in [0.25, 0.3) is 22.9 Å². The largest absolute Gasteiger partial charge is 0.416 e. The zero-order chi connectivity index (χ0) is 18.9. The highest BCUT2D eigenvalue weighted by Crippen LogP contribution is 2.25. The van der Waals surface area contributed by atoms with Gasteiger partial charge in [-0.25, -0.2) is 0 Å². The monoisotopic (exact) mass is 362 g/mol. The molecular weight excluding hydrogens is 332 g/mol. The molecule has 0 radical (unpaired) electrons. The normalized spacial score (nSPS) is 11.0. The number of hydrogen-bond donors (Lipinski definition) is 0. The quantitative estimate of drug-likeness (QED) is 0.369. The SMILES string of the molecule is CCCCCc1ccc(-c2nnc(-c3ccc(CCCCC)cc3)o2)cc1. The van der Waals surface area contributed by atoms with Crippen molar-refractivity contribution in [2.45, 2.75) is 65.2 Å². The van der Waals surface area contributed by atoms with Crippen LogP contribution < -0.4 is 0 Å². The molecule has 0 fully saturated rings. The van der Waals surface area contributed by atoms with Gasteiger partial charge in [-0.2, -0.15) is 0 Å². The molecule has 1 heterocycles. The molecule has 3 aromatic rings. The van der Waals surface area contributed by atoms with E-state index in [0.717, 1.165) is 24.0 Å². The Bertz CT molecular complexity index is 735. The van der Waals surface area contributed by atoms with E-state index in [1.165, 1.54) is 49.7 Å². The summed E-state index contributed by atoms with van der Waals surface area (Å²) in [4.78, 5) is 0. The lowest BCUT2D eigenvalue weighted by Gasteiger charge is -2.02. The number of rotatable bonds is 10.